The number of aryl methyl sites for hydroxylation is 1. The van der Waals surface area contributed by atoms with E-state index in [1.807, 2.05) is 31.2 Å². The van der Waals surface area contributed by atoms with E-state index in [0.29, 0.717) is 0 Å². The van der Waals surface area contributed by atoms with Crippen molar-refractivity contribution in [2.24, 2.45) is 0 Å². The van der Waals surface area contributed by atoms with Crippen molar-refractivity contribution in [2.45, 2.75) is 19.6 Å². The maximum Gasteiger partial charge on any atom is 0.416 e. The van der Waals surface area contributed by atoms with Gasteiger partial charge >= 0.3 is 18.0 Å². The Labute approximate surface area is 136 Å². The lowest BCUT2D eigenvalue weighted by molar-refractivity contribution is -0.137. The van der Waals surface area contributed by atoms with Gasteiger partial charge in [-0.2, -0.15) is 13.2 Å². The van der Waals surface area contributed by atoms with Crippen molar-refractivity contribution in [3.05, 3.63) is 65.2 Å². The summed E-state index contributed by atoms with van der Waals surface area (Å²) in [6.45, 7) is 2.11. The van der Waals surface area contributed by atoms with E-state index in [4.69, 9.17) is 0 Å². The molecule has 0 spiro atoms. The lowest BCUT2D eigenvalue weighted by atomic mass is 10.1. The second-order valence-corrected chi connectivity index (χ2v) is 5.20. The smallest absolute Gasteiger partial charge is 0.344 e. The number of carbonyl (C=O) groups is 2. The molecule has 0 radical (unpaired) electrons. The Balaban J connectivity index is 1.89. The quantitative estimate of drug-likeness (QED) is 0.845. The van der Waals surface area contributed by atoms with Gasteiger partial charge in [-0.25, -0.2) is 0 Å². The molecule has 24 heavy (non-hydrogen) atoms. The third-order valence-corrected chi connectivity index (χ3v) is 3.25. The highest BCUT2D eigenvalue weighted by Crippen LogP contribution is 2.29. The van der Waals surface area contributed by atoms with E-state index < -0.39 is 23.6 Å². The van der Waals surface area contributed by atoms with E-state index in [-0.39, 0.29) is 12.2 Å². The highest BCUT2D eigenvalue weighted by atomic mass is 19.4. The van der Waals surface area contributed by atoms with Crippen molar-refractivity contribution >= 4 is 17.5 Å². The summed E-state index contributed by atoms with van der Waals surface area (Å²) in [5.41, 5.74) is 1.18. The zero-order valence-corrected chi connectivity index (χ0v) is 12.8. The molecule has 0 atom stereocenters. The summed E-state index contributed by atoms with van der Waals surface area (Å²) < 4.78 is 37.3. The summed E-state index contributed by atoms with van der Waals surface area (Å²) in [6.07, 6.45) is -4.45. The standard InChI is InChI=1S/C17H15F3N2O2/c1-11-2-4-12(5-3-11)10-21-15(23)16(24)22-14-8-6-13(7-9-14)17(18,19)20/h2-9H,10H2,1H3,(H,21,23)(H,22,24). The molecule has 2 aromatic carbocycles. The number of carbonyl (C=O) groups excluding carboxylic acids is 2. The molecule has 0 fully saturated rings. The summed E-state index contributed by atoms with van der Waals surface area (Å²) >= 11 is 0. The number of halogens is 3. The summed E-state index contributed by atoms with van der Waals surface area (Å²) in [4.78, 5) is 23.4. The molecule has 0 saturated carbocycles. The first-order valence-electron chi connectivity index (χ1n) is 7.08. The van der Waals surface area contributed by atoms with Gasteiger partial charge in [-0.3, -0.25) is 9.59 Å². The predicted molar refractivity (Wildman–Crippen MR) is 83.1 cm³/mol. The zero-order valence-electron chi connectivity index (χ0n) is 12.8. The molecule has 0 bridgehead atoms. The zero-order chi connectivity index (χ0) is 17.7. The van der Waals surface area contributed by atoms with Crippen molar-refractivity contribution in [2.75, 3.05) is 5.32 Å². The molecule has 2 N–H and O–H groups in total. The lowest BCUT2D eigenvalue weighted by Gasteiger charge is -2.09. The normalized spacial score (nSPS) is 11.0. The molecule has 0 aliphatic rings. The summed E-state index contributed by atoms with van der Waals surface area (Å²) in [5, 5.41) is 4.69. The Bertz CT molecular complexity index is 723. The summed E-state index contributed by atoms with van der Waals surface area (Å²) in [7, 11) is 0. The number of hydrogen-bond acceptors (Lipinski definition) is 2. The number of anilines is 1. The third kappa shape index (κ3) is 4.84. The largest absolute Gasteiger partial charge is 0.416 e. The van der Waals surface area contributed by atoms with Gasteiger partial charge in [0, 0.05) is 12.2 Å². The van der Waals surface area contributed by atoms with Crippen molar-refractivity contribution in [3.63, 3.8) is 0 Å². The molecule has 2 amide bonds. The van der Waals surface area contributed by atoms with Gasteiger partial charge in [0.2, 0.25) is 0 Å². The first-order chi connectivity index (χ1) is 11.3. The highest BCUT2D eigenvalue weighted by molar-refractivity contribution is 6.39. The van der Waals surface area contributed by atoms with Crippen molar-refractivity contribution < 1.29 is 22.8 Å². The van der Waals surface area contributed by atoms with Gasteiger partial charge in [-0.1, -0.05) is 29.8 Å². The molecule has 2 aromatic rings. The van der Waals surface area contributed by atoms with Gasteiger partial charge in [-0.05, 0) is 36.8 Å². The molecule has 0 saturated heterocycles. The highest BCUT2D eigenvalue weighted by Gasteiger charge is 2.30. The Hall–Kier alpha value is -2.83. The van der Waals surface area contributed by atoms with Gasteiger partial charge in [0.05, 0.1) is 5.56 Å². The van der Waals surface area contributed by atoms with Gasteiger partial charge in [0.1, 0.15) is 0 Å². The van der Waals surface area contributed by atoms with Crippen LogP contribution in [0.1, 0.15) is 16.7 Å². The Kier molecular flexibility index (Phi) is 5.23. The molecule has 0 aliphatic heterocycles. The van der Waals surface area contributed by atoms with Crippen LogP contribution in [0.15, 0.2) is 48.5 Å². The molecule has 126 valence electrons. The summed E-state index contributed by atoms with van der Waals surface area (Å²) in [6, 6.07) is 11.3. The fraction of sp³-hybridized carbons (Fsp3) is 0.176. The molecule has 0 unspecified atom stereocenters. The Morgan fingerprint density at radius 3 is 2.04 bits per heavy atom. The second-order valence-electron chi connectivity index (χ2n) is 5.20. The third-order valence-electron chi connectivity index (χ3n) is 3.25. The lowest BCUT2D eigenvalue weighted by Crippen LogP contribution is -2.34. The molecule has 0 aromatic heterocycles. The number of benzene rings is 2. The SMILES string of the molecule is Cc1ccc(CNC(=O)C(=O)Nc2ccc(C(F)(F)F)cc2)cc1. The van der Waals surface area contributed by atoms with E-state index in [1.54, 1.807) is 0 Å². The predicted octanol–water partition coefficient (Wildman–Crippen LogP) is 3.27. The number of amides is 2. The van der Waals surface area contributed by atoms with Crippen LogP contribution in [0.4, 0.5) is 18.9 Å². The minimum atomic E-state index is -4.45. The molecular formula is C17H15F3N2O2. The van der Waals surface area contributed by atoms with Crippen molar-refractivity contribution in [1.29, 1.82) is 0 Å². The summed E-state index contributed by atoms with van der Waals surface area (Å²) in [5.74, 6) is -1.81. The van der Waals surface area contributed by atoms with Crippen LogP contribution in [0, 0.1) is 6.92 Å². The molecule has 0 aliphatic carbocycles. The van der Waals surface area contributed by atoms with Crippen LogP contribution in [-0.4, -0.2) is 11.8 Å². The van der Waals surface area contributed by atoms with E-state index in [2.05, 4.69) is 10.6 Å². The average Bonchev–Trinajstić information content (AvgIpc) is 2.53. The minimum absolute atomic E-state index is 0.110. The first-order valence-corrected chi connectivity index (χ1v) is 7.08. The van der Waals surface area contributed by atoms with Crippen LogP contribution in [0.25, 0.3) is 0 Å². The Morgan fingerprint density at radius 1 is 0.917 bits per heavy atom. The maximum absolute atomic E-state index is 12.4. The number of hydrogen-bond donors (Lipinski definition) is 2. The van der Waals surface area contributed by atoms with Gasteiger partial charge < -0.3 is 10.6 Å². The number of nitrogens with one attached hydrogen (secondary N) is 2. The fourth-order valence-corrected chi connectivity index (χ4v) is 1.90. The van der Waals surface area contributed by atoms with Crippen LogP contribution in [-0.2, 0) is 22.3 Å². The molecule has 0 heterocycles. The number of alkyl halides is 3. The molecular weight excluding hydrogens is 321 g/mol. The van der Waals surface area contributed by atoms with Crippen LogP contribution < -0.4 is 10.6 Å². The van der Waals surface area contributed by atoms with E-state index in [0.717, 1.165) is 35.4 Å². The van der Waals surface area contributed by atoms with Crippen LogP contribution >= 0.6 is 0 Å². The average molecular weight is 336 g/mol. The van der Waals surface area contributed by atoms with Crippen LogP contribution in [0.2, 0.25) is 0 Å². The van der Waals surface area contributed by atoms with E-state index in [9.17, 15) is 22.8 Å². The van der Waals surface area contributed by atoms with Crippen molar-refractivity contribution in [3.8, 4) is 0 Å². The van der Waals surface area contributed by atoms with Crippen LogP contribution in [0.5, 0.6) is 0 Å². The minimum Gasteiger partial charge on any atom is -0.344 e. The van der Waals surface area contributed by atoms with E-state index >= 15 is 0 Å². The monoisotopic (exact) mass is 336 g/mol. The van der Waals surface area contributed by atoms with Gasteiger partial charge in [0.25, 0.3) is 0 Å². The fourth-order valence-electron chi connectivity index (χ4n) is 1.90. The second kappa shape index (κ2) is 7.16. The van der Waals surface area contributed by atoms with Crippen molar-refractivity contribution in [1.82, 2.24) is 5.32 Å². The Morgan fingerprint density at radius 2 is 1.50 bits per heavy atom. The van der Waals surface area contributed by atoms with Gasteiger partial charge in [-0.15, -0.1) is 0 Å². The molecule has 2 rings (SSSR count). The topological polar surface area (TPSA) is 58.2 Å². The van der Waals surface area contributed by atoms with E-state index in [1.165, 1.54) is 0 Å². The molecule has 7 heteroatoms. The van der Waals surface area contributed by atoms with Gasteiger partial charge in [0.15, 0.2) is 0 Å². The first kappa shape index (κ1) is 17.5. The number of rotatable bonds is 3. The molecule has 4 nitrogen and oxygen atoms in total. The van der Waals surface area contributed by atoms with Crippen LogP contribution in [0.3, 0.4) is 0 Å². The maximum atomic E-state index is 12.4.